The maximum atomic E-state index is 12.3. The van der Waals surface area contributed by atoms with E-state index in [1.807, 2.05) is 45.9 Å². The number of hydrogen-bond donors (Lipinski definition) is 2. The van der Waals surface area contributed by atoms with E-state index in [4.69, 9.17) is 0 Å². The standard InChI is InChI=1S/C19H28N4O2/c1-12(2)14-9-7-8-10-15(14)23-13(3)21-17(22-23)18(25)20-11-16(24)19(4,5)6/h7-10,12,16,24H,11H2,1-6H3,(H,20,25). The summed E-state index contributed by atoms with van der Waals surface area (Å²) >= 11 is 0. The number of nitrogens with zero attached hydrogens (tertiary/aromatic N) is 3. The van der Waals surface area contributed by atoms with Crippen molar-refractivity contribution >= 4 is 5.91 Å². The minimum absolute atomic E-state index is 0.108. The summed E-state index contributed by atoms with van der Waals surface area (Å²) in [5.74, 6) is 0.706. The van der Waals surface area contributed by atoms with Gasteiger partial charge in [-0.25, -0.2) is 9.67 Å². The Hall–Kier alpha value is -2.21. The zero-order valence-corrected chi connectivity index (χ0v) is 15.9. The SMILES string of the molecule is Cc1nc(C(=O)NCC(O)C(C)(C)C)nn1-c1ccccc1C(C)C. The molecule has 1 atom stereocenters. The van der Waals surface area contributed by atoms with Gasteiger partial charge in [0, 0.05) is 6.54 Å². The molecule has 0 saturated heterocycles. The predicted octanol–water partition coefficient (Wildman–Crippen LogP) is 2.84. The summed E-state index contributed by atoms with van der Waals surface area (Å²) in [6.07, 6.45) is -0.638. The average Bonchev–Trinajstić information content (AvgIpc) is 2.93. The van der Waals surface area contributed by atoms with Crippen LogP contribution in [-0.2, 0) is 0 Å². The minimum atomic E-state index is -0.638. The van der Waals surface area contributed by atoms with Crippen LogP contribution in [0.25, 0.3) is 5.69 Å². The van der Waals surface area contributed by atoms with Crippen molar-refractivity contribution in [3.63, 3.8) is 0 Å². The van der Waals surface area contributed by atoms with E-state index in [-0.39, 0.29) is 23.7 Å². The monoisotopic (exact) mass is 344 g/mol. The number of carbonyl (C=O) groups excluding carboxylic acids is 1. The van der Waals surface area contributed by atoms with Crippen LogP contribution in [0.2, 0.25) is 0 Å². The van der Waals surface area contributed by atoms with Crippen molar-refractivity contribution in [1.82, 2.24) is 20.1 Å². The second kappa shape index (κ2) is 7.35. The van der Waals surface area contributed by atoms with E-state index in [1.54, 1.807) is 4.68 Å². The number of aliphatic hydroxyl groups is 1. The van der Waals surface area contributed by atoms with Gasteiger partial charge in [-0.15, -0.1) is 5.10 Å². The molecule has 1 aromatic heterocycles. The van der Waals surface area contributed by atoms with Crippen LogP contribution in [0.3, 0.4) is 0 Å². The van der Waals surface area contributed by atoms with Crippen LogP contribution in [0.15, 0.2) is 24.3 Å². The second-order valence-electron chi connectivity index (χ2n) is 7.70. The summed E-state index contributed by atoms with van der Waals surface area (Å²) in [5, 5.41) is 17.1. The van der Waals surface area contributed by atoms with E-state index >= 15 is 0 Å². The Bertz CT molecular complexity index is 744. The Labute approximate surface area is 149 Å². The van der Waals surface area contributed by atoms with Crippen LogP contribution < -0.4 is 5.32 Å². The summed E-state index contributed by atoms with van der Waals surface area (Å²) in [7, 11) is 0. The molecule has 6 heteroatoms. The van der Waals surface area contributed by atoms with E-state index in [2.05, 4.69) is 35.3 Å². The van der Waals surface area contributed by atoms with Gasteiger partial charge in [0.25, 0.3) is 5.91 Å². The van der Waals surface area contributed by atoms with E-state index in [0.29, 0.717) is 11.7 Å². The maximum Gasteiger partial charge on any atom is 0.291 e. The average molecular weight is 344 g/mol. The third-order valence-electron chi connectivity index (χ3n) is 4.21. The molecule has 1 heterocycles. The topological polar surface area (TPSA) is 80.0 Å². The number of hydrogen-bond acceptors (Lipinski definition) is 4. The quantitative estimate of drug-likeness (QED) is 0.874. The van der Waals surface area contributed by atoms with E-state index in [0.717, 1.165) is 11.3 Å². The molecule has 0 spiro atoms. The van der Waals surface area contributed by atoms with Gasteiger partial charge in [0.15, 0.2) is 0 Å². The first-order chi connectivity index (χ1) is 11.6. The van der Waals surface area contributed by atoms with Gasteiger partial charge < -0.3 is 10.4 Å². The summed E-state index contributed by atoms with van der Waals surface area (Å²) in [6.45, 7) is 12.0. The van der Waals surface area contributed by atoms with Crippen molar-refractivity contribution in [3.8, 4) is 5.69 Å². The number of para-hydroxylation sites is 1. The maximum absolute atomic E-state index is 12.3. The van der Waals surface area contributed by atoms with Crippen LogP contribution in [0, 0.1) is 12.3 Å². The van der Waals surface area contributed by atoms with Crippen molar-refractivity contribution in [2.75, 3.05) is 6.54 Å². The second-order valence-corrected chi connectivity index (χ2v) is 7.70. The highest BCUT2D eigenvalue weighted by atomic mass is 16.3. The molecule has 6 nitrogen and oxygen atoms in total. The summed E-state index contributed by atoms with van der Waals surface area (Å²) in [4.78, 5) is 16.6. The van der Waals surface area contributed by atoms with Gasteiger partial charge in [-0.1, -0.05) is 52.8 Å². The third kappa shape index (κ3) is 4.45. The van der Waals surface area contributed by atoms with Crippen molar-refractivity contribution in [2.24, 2.45) is 5.41 Å². The lowest BCUT2D eigenvalue weighted by molar-refractivity contribution is 0.0584. The fraction of sp³-hybridized carbons (Fsp3) is 0.526. The molecule has 1 unspecified atom stereocenters. The molecule has 0 fully saturated rings. The molecule has 1 amide bonds. The highest BCUT2D eigenvalue weighted by molar-refractivity contribution is 5.90. The molecule has 0 bridgehead atoms. The fourth-order valence-electron chi connectivity index (χ4n) is 2.46. The molecule has 0 aliphatic heterocycles. The molecule has 2 aromatic rings. The molecule has 2 rings (SSSR count). The fourth-order valence-corrected chi connectivity index (χ4v) is 2.46. The summed E-state index contributed by atoms with van der Waals surface area (Å²) in [5.41, 5.74) is 1.77. The molecular weight excluding hydrogens is 316 g/mol. The molecule has 25 heavy (non-hydrogen) atoms. The number of aryl methyl sites for hydroxylation is 1. The van der Waals surface area contributed by atoms with Crippen LogP contribution in [0.4, 0.5) is 0 Å². The molecule has 0 radical (unpaired) electrons. The van der Waals surface area contributed by atoms with Gasteiger partial charge in [0.1, 0.15) is 5.82 Å². The Kier molecular flexibility index (Phi) is 5.62. The summed E-state index contributed by atoms with van der Waals surface area (Å²) in [6, 6.07) is 7.97. The molecule has 2 N–H and O–H groups in total. The highest BCUT2D eigenvalue weighted by Crippen LogP contribution is 2.23. The molecular formula is C19H28N4O2. The lowest BCUT2D eigenvalue weighted by Crippen LogP contribution is -2.39. The number of benzene rings is 1. The van der Waals surface area contributed by atoms with E-state index in [9.17, 15) is 9.90 Å². The van der Waals surface area contributed by atoms with Gasteiger partial charge in [-0.2, -0.15) is 0 Å². The van der Waals surface area contributed by atoms with Crippen molar-refractivity contribution in [2.45, 2.75) is 53.6 Å². The molecule has 0 aliphatic carbocycles. The first-order valence-electron chi connectivity index (χ1n) is 8.60. The minimum Gasteiger partial charge on any atom is -0.391 e. The number of aromatic nitrogens is 3. The Morgan fingerprint density at radius 3 is 2.52 bits per heavy atom. The highest BCUT2D eigenvalue weighted by Gasteiger charge is 2.24. The van der Waals surface area contributed by atoms with Gasteiger partial charge in [0.2, 0.25) is 5.82 Å². The first-order valence-corrected chi connectivity index (χ1v) is 8.60. The first kappa shape index (κ1) is 19.1. The van der Waals surface area contributed by atoms with Crippen molar-refractivity contribution < 1.29 is 9.90 Å². The van der Waals surface area contributed by atoms with E-state index in [1.165, 1.54) is 0 Å². The summed E-state index contributed by atoms with van der Waals surface area (Å²) < 4.78 is 1.70. The van der Waals surface area contributed by atoms with E-state index < -0.39 is 6.10 Å². The van der Waals surface area contributed by atoms with Crippen LogP contribution in [0.1, 0.15) is 62.5 Å². The Balaban J connectivity index is 2.22. The van der Waals surface area contributed by atoms with Crippen molar-refractivity contribution in [3.05, 3.63) is 41.5 Å². The number of nitrogens with one attached hydrogen (secondary N) is 1. The predicted molar refractivity (Wildman–Crippen MR) is 98.0 cm³/mol. The zero-order valence-electron chi connectivity index (χ0n) is 15.9. The number of rotatable bonds is 5. The third-order valence-corrected chi connectivity index (χ3v) is 4.21. The molecule has 1 aromatic carbocycles. The van der Waals surface area contributed by atoms with Gasteiger partial charge in [0.05, 0.1) is 11.8 Å². The lowest BCUT2D eigenvalue weighted by atomic mass is 9.89. The number of amides is 1. The van der Waals surface area contributed by atoms with Gasteiger partial charge in [-0.3, -0.25) is 4.79 Å². The van der Waals surface area contributed by atoms with Crippen molar-refractivity contribution in [1.29, 1.82) is 0 Å². The lowest BCUT2D eigenvalue weighted by Gasteiger charge is -2.25. The van der Waals surface area contributed by atoms with Gasteiger partial charge in [-0.05, 0) is 29.9 Å². The number of aliphatic hydroxyl groups excluding tert-OH is 1. The van der Waals surface area contributed by atoms with Gasteiger partial charge >= 0.3 is 0 Å². The zero-order chi connectivity index (χ0) is 18.8. The van der Waals surface area contributed by atoms with Crippen LogP contribution >= 0.6 is 0 Å². The normalized spacial score (nSPS) is 13.1. The Morgan fingerprint density at radius 2 is 1.92 bits per heavy atom. The largest absolute Gasteiger partial charge is 0.391 e. The number of carbonyl (C=O) groups is 1. The van der Waals surface area contributed by atoms with Crippen LogP contribution in [0.5, 0.6) is 0 Å². The molecule has 0 aliphatic rings. The Morgan fingerprint density at radius 1 is 1.28 bits per heavy atom. The molecule has 0 saturated carbocycles. The van der Waals surface area contributed by atoms with Crippen LogP contribution in [-0.4, -0.2) is 38.4 Å². The molecule has 136 valence electrons. The smallest absolute Gasteiger partial charge is 0.291 e.